The highest BCUT2D eigenvalue weighted by atomic mass is 16.4. The van der Waals surface area contributed by atoms with Gasteiger partial charge in [-0.25, -0.2) is 9.78 Å². The van der Waals surface area contributed by atoms with Gasteiger partial charge in [-0.1, -0.05) is 0 Å². The van der Waals surface area contributed by atoms with Crippen molar-refractivity contribution in [1.29, 1.82) is 0 Å². The minimum atomic E-state index is -0.865. The predicted molar refractivity (Wildman–Crippen MR) is 81.2 cm³/mol. The first-order chi connectivity index (χ1) is 10.4. The zero-order chi connectivity index (χ0) is 16.4. The van der Waals surface area contributed by atoms with Crippen molar-refractivity contribution in [3.8, 4) is 0 Å². The summed E-state index contributed by atoms with van der Waals surface area (Å²) in [6.45, 7) is 6.09. The van der Waals surface area contributed by atoms with Crippen LogP contribution in [0.25, 0.3) is 11.2 Å². The highest BCUT2D eigenvalue weighted by Crippen LogP contribution is 2.16. The van der Waals surface area contributed by atoms with Gasteiger partial charge in [0, 0.05) is 25.4 Å². The number of hydrogen-bond donors (Lipinski definition) is 2. The van der Waals surface area contributed by atoms with E-state index in [1.807, 2.05) is 20.8 Å². The van der Waals surface area contributed by atoms with Crippen LogP contribution < -0.4 is 11.2 Å². The molecule has 0 unspecified atom stereocenters. The summed E-state index contributed by atoms with van der Waals surface area (Å²) in [6.07, 6.45) is 0.920. The van der Waals surface area contributed by atoms with Crippen molar-refractivity contribution in [2.75, 3.05) is 0 Å². The molecule has 22 heavy (non-hydrogen) atoms. The van der Waals surface area contributed by atoms with E-state index in [9.17, 15) is 14.4 Å². The summed E-state index contributed by atoms with van der Waals surface area (Å²) in [5, 5.41) is 8.73. The van der Waals surface area contributed by atoms with Gasteiger partial charge in [-0.15, -0.1) is 0 Å². The summed E-state index contributed by atoms with van der Waals surface area (Å²) in [6, 6.07) is -0.140. The van der Waals surface area contributed by atoms with Crippen LogP contribution in [0.2, 0.25) is 0 Å². The van der Waals surface area contributed by atoms with Crippen LogP contribution in [-0.2, 0) is 17.8 Å². The number of rotatable bonds is 6. The van der Waals surface area contributed by atoms with Crippen LogP contribution >= 0.6 is 0 Å². The standard InChI is InChI=1S/C14H20N4O4/c1-4-17-9(6-5-7-10(19)20)15-12-11(17)13(21)16-14(22)18(12)8(2)3/h8H,4-7H2,1-3H3,(H,19,20)(H,16,21,22). The van der Waals surface area contributed by atoms with Crippen molar-refractivity contribution in [3.63, 3.8) is 0 Å². The van der Waals surface area contributed by atoms with Gasteiger partial charge in [0.2, 0.25) is 0 Å². The van der Waals surface area contributed by atoms with Gasteiger partial charge in [-0.3, -0.25) is 19.1 Å². The molecule has 0 amide bonds. The Labute approximate surface area is 126 Å². The van der Waals surface area contributed by atoms with Gasteiger partial charge in [0.1, 0.15) is 5.82 Å². The topological polar surface area (TPSA) is 110 Å². The fraction of sp³-hybridized carbons (Fsp3) is 0.571. The molecule has 0 fully saturated rings. The zero-order valence-electron chi connectivity index (χ0n) is 12.9. The summed E-state index contributed by atoms with van der Waals surface area (Å²) in [7, 11) is 0. The smallest absolute Gasteiger partial charge is 0.330 e. The molecular weight excluding hydrogens is 288 g/mol. The lowest BCUT2D eigenvalue weighted by Crippen LogP contribution is -2.32. The Morgan fingerprint density at radius 2 is 2.05 bits per heavy atom. The normalized spacial score (nSPS) is 11.5. The highest BCUT2D eigenvalue weighted by Gasteiger charge is 2.18. The third-order valence-electron chi connectivity index (χ3n) is 3.53. The molecule has 0 aromatic carbocycles. The molecule has 8 nitrogen and oxygen atoms in total. The van der Waals surface area contributed by atoms with Gasteiger partial charge in [0.05, 0.1) is 0 Å². The van der Waals surface area contributed by atoms with Crippen molar-refractivity contribution in [3.05, 3.63) is 26.7 Å². The first-order valence-corrected chi connectivity index (χ1v) is 7.32. The van der Waals surface area contributed by atoms with Crippen molar-refractivity contribution in [2.45, 2.75) is 52.6 Å². The fourth-order valence-corrected chi connectivity index (χ4v) is 2.60. The third-order valence-corrected chi connectivity index (χ3v) is 3.53. The number of aromatic nitrogens is 4. The monoisotopic (exact) mass is 308 g/mol. The predicted octanol–water partition coefficient (Wildman–Crippen LogP) is 0.894. The molecule has 0 atom stereocenters. The van der Waals surface area contributed by atoms with Crippen molar-refractivity contribution in [2.24, 2.45) is 0 Å². The summed E-state index contributed by atoms with van der Waals surface area (Å²) in [4.78, 5) is 41.5. The average Bonchev–Trinajstić information content (AvgIpc) is 2.76. The average molecular weight is 308 g/mol. The highest BCUT2D eigenvalue weighted by molar-refractivity contribution is 5.71. The van der Waals surface area contributed by atoms with Gasteiger partial charge in [0.25, 0.3) is 5.56 Å². The molecule has 0 aliphatic carbocycles. The maximum Gasteiger partial charge on any atom is 0.330 e. The molecule has 8 heteroatoms. The molecule has 0 aliphatic rings. The van der Waals surface area contributed by atoms with Gasteiger partial charge in [-0.2, -0.15) is 0 Å². The fourth-order valence-electron chi connectivity index (χ4n) is 2.60. The van der Waals surface area contributed by atoms with Crippen LogP contribution in [0.3, 0.4) is 0 Å². The largest absolute Gasteiger partial charge is 0.481 e. The summed E-state index contributed by atoms with van der Waals surface area (Å²) >= 11 is 0. The first-order valence-electron chi connectivity index (χ1n) is 7.32. The third kappa shape index (κ3) is 2.81. The second-order valence-electron chi connectivity index (χ2n) is 5.41. The quantitative estimate of drug-likeness (QED) is 0.823. The number of imidazole rings is 1. The van der Waals surface area contributed by atoms with Crippen LogP contribution in [0, 0.1) is 0 Å². The summed E-state index contributed by atoms with van der Waals surface area (Å²) in [5.41, 5.74) is -0.224. The molecule has 2 heterocycles. The number of carboxylic acid groups (broad SMARTS) is 1. The van der Waals surface area contributed by atoms with E-state index in [1.54, 1.807) is 4.57 Å². The summed E-state index contributed by atoms with van der Waals surface area (Å²) < 4.78 is 3.19. The molecule has 2 N–H and O–H groups in total. The second kappa shape index (κ2) is 6.17. The molecule has 2 rings (SSSR count). The van der Waals surface area contributed by atoms with Gasteiger partial charge in [-0.05, 0) is 27.2 Å². The Balaban J connectivity index is 2.62. The van der Waals surface area contributed by atoms with Crippen LogP contribution in [0.4, 0.5) is 0 Å². The second-order valence-corrected chi connectivity index (χ2v) is 5.41. The van der Waals surface area contributed by atoms with Gasteiger partial charge < -0.3 is 9.67 Å². The van der Waals surface area contributed by atoms with E-state index in [-0.39, 0.29) is 12.5 Å². The van der Waals surface area contributed by atoms with E-state index in [4.69, 9.17) is 5.11 Å². The number of nitrogens with one attached hydrogen (secondary N) is 1. The number of aryl methyl sites for hydroxylation is 2. The minimum Gasteiger partial charge on any atom is -0.481 e. The van der Waals surface area contributed by atoms with E-state index in [0.29, 0.717) is 36.4 Å². The van der Waals surface area contributed by atoms with E-state index in [1.165, 1.54) is 4.57 Å². The number of nitrogens with zero attached hydrogens (tertiary/aromatic N) is 3. The van der Waals surface area contributed by atoms with Crippen molar-refractivity contribution < 1.29 is 9.90 Å². The number of hydrogen-bond acceptors (Lipinski definition) is 4. The number of H-pyrrole nitrogens is 1. The first kappa shape index (κ1) is 16.0. The zero-order valence-corrected chi connectivity index (χ0v) is 12.9. The molecular formula is C14H20N4O4. The van der Waals surface area contributed by atoms with Crippen molar-refractivity contribution in [1.82, 2.24) is 19.1 Å². The summed E-state index contributed by atoms with van der Waals surface area (Å²) in [5.74, 6) is -0.236. The molecule has 0 bridgehead atoms. The molecule has 0 saturated heterocycles. The van der Waals surface area contributed by atoms with Gasteiger partial charge in [0.15, 0.2) is 11.2 Å². The Kier molecular flexibility index (Phi) is 4.48. The maximum atomic E-state index is 12.1. The van der Waals surface area contributed by atoms with Crippen LogP contribution in [0.15, 0.2) is 9.59 Å². The van der Waals surface area contributed by atoms with E-state index in [0.717, 1.165) is 0 Å². The lowest BCUT2D eigenvalue weighted by Gasteiger charge is -2.09. The Hall–Kier alpha value is -2.38. The van der Waals surface area contributed by atoms with Crippen LogP contribution in [-0.4, -0.2) is 30.2 Å². The minimum absolute atomic E-state index is 0.0419. The molecule has 0 radical (unpaired) electrons. The number of fused-ring (bicyclic) bond motifs is 1. The molecule has 120 valence electrons. The van der Waals surface area contributed by atoms with E-state index < -0.39 is 17.2 Å². The van der Waals surface area contributed by atoms with Crippen molar-refractivity contribution >= 4 is 17.1 Å². The lowest BCUT2D eigenvalue weighted by molar-refractivity contribution is -0.137. The molecule has 2 aromatic rings. The number of carboxylic acids is 1. The Bertz CT molecular complexity index is 813. The van der Waals surface area contributed by atoms with E-state index in [2.05, 4.69) is 9.97 Å². The Morgan fingerprint density at radius 3 is 2.59 bits per heavy atom. The van der Waals surface area contributed by atoms with Crippen LogP contribution in [0.5, 0.6) is 0 Å². The molecule has 0 spiro atoms. The molecule has 0 saturated carbocycles. The lowest BCUT2D eigenvalue weighted by atomic mass is 10.2. The molecule has 2 aromatic heterocycles. The van der Waals surface area contributed by atoms with Crippen LogP contribution in [0.1, 0.15) is 45.5 Å². The number of aromatic amines is 1. The Morgan fingerprint density at radius 1 is 1.36 bits per heavy atom. The number of carbonyl (C=O) groups is 1. The maximum absolute atomic E-state index is 12.1. The van der Waals surface area contributed by atoms with Gasteiger partial charge >= 0.3 is 11.7 Å². The SMILES string of the molecule is CCn1c(CCCC(=O)O)nc2c1c(=O)[nH]c(=O)n2C(C)C. The van der Waals surface area contributed by atoms with E-state index >= 15 is 0 Å². The molecule has 0 aliphatic heterocycles. The number of aliphatic carboxylic acids is 1.